The van der Waals surface area contributed by atoms with Crippen LogP contribution in [0.15, 0.2) is 120 Å². The highest BCUT2D eigenvalue weighted by Crippen LogP contribution is 2.62. The Balaban J connectivity index is 1.44. The quantitative estimate of drug-likeness (QED) is 0.0359. The number of benzene rings is 4. The third-order valence-corrected chi connectivity index (χ3v) is 12.5. The van der Waals surface area contributed by atoms with E-state index in [1.54, 1.807) is 47.4 Å². The van der Waals surface area contributed by atoms with Crippen LogP contribution in [-0.2, 0) is 27.5 Å². The molecule has 1 aliphatic heterocycles. The van der Waals surface area contributed by atoms with Crippen LogP contribution in [0.25, 0.3) is 0 Å². The van der Waals surface area contributed by atoms with Crippen molar-refractivity contribution in [3.05, 3.63) is 143 Å². The van der Waals surface area contributed by atoms with Crippen LogP contribution in [-0.4, -0.2) is 79.1 Å². The molecule has 2 N–H and O–H groups in total. The standard InChI is InChI=1S/C51H57FN2O10/c1-4-26-61-51-47(54(50(58)60-3)31-34-16-18-38(52)19-17-34)30-44(53-62-33-35-12-6-5-7-13-35)42-28-36(14-8-10-24-55)41(15-9-11-25-56)48(49(42)51)43-29-40(21-23-46(43)64-51)63-39-20-22-45(59-2)37(27-39)32-57/h4-7,12-13,16-23,27-29,32,36,41,47-49,55-56H,1,8-11,14-15,24-26,30-31,33H2,2-3H3. The molecule has 1 fully saturated rings. The Hall–Kier alpha value is -6.02. The number of oxime groups is 1. The van der Waals surface area contributed by atoms with Crippen molar-refractivity contribution < 1.29 is 52.7 Å². The number of carbonyl (C=O) groups is 2. The van der Waals surface area contributed by atoms with Crippen molar-refractivity contribution in [1.29, 1.82) is 0 Å². The fraction of sp³-hybridized carbons (Fsp3) is 0.392. The Bertz CT molecular complexity index is 2280. The summed E-state index contributed by atoms with van der Waals surface area (Å²) in [5.74, 6) is -1.03. The van der Waals surface area contributed by atoms with Gasteiger partial charge in [0.05, 0.1) is 38.0 Å². The van der Waals surface area contributed by atoms with Crippen LogP contribution in [0.4, 0.5) is 9.18 Å². The van der Waals surface area contributed by atoms with Gasteiger partial charge in [0.1, 0.15) is 41.5 Å². The molecule has 0 aromatic heterocycles. The summed E-state index contributed by atoms with van der Waals surface area (Å²) in [6.07, 6.45) is 8.38. The number of amides is 1. The number of fused-ring (bicyclic) bond motifs is 2. The van der Waals surface area contributed by atoms with Crippen molar-refractivity contribution in [2.45, 2.75) is 75.8 Å². The molecule has 13 heteroatoms. The van der Waals surface area contributed by atoms with Gasteiger partial charge in [0.15, 0.2) is 6.29 Å². The van der Waals surface area contributed by atoms with Gasteiger partial charge in [-0.1, -0.05) is 72.6 Å². The summed E-state index contributed by atoms with van der Waals surface area (Å²) in [6, 6.07) is 25.5. The molecule has 12 nitrogen and oxygen atoms in total. The number of aldehydes is 1. The molecule has 1 saturated carbocycles. The van der Waals surface area contributed by atoms with Crippen molar-refractivity contribution in [2.75, 3.05) is 34.0 Å². The first kappa shape index (κ1) is 46.0. The van der Waals surface area contributed by atoms with Gasteiger partial charge in [-0.05, 0) is 103 Å². The number of hydrogen-bond acceptors (Lipinski definition) is 11. The Morgan fingerprint density at radius 1 is 0.938 bits per heavy atom. The molecule has 0 bridgehead atoms. The van der Waals surface area contributed by atoms with Gasteiger partial charge in [-0.2, -0.15) is 0 Å². The number of aliphatic hydroxyl groups is 2. The topological polar surface area (TPSA) is 146 Å². The minimum absolute atomic E-state index is 0.00217. The zero-order valence-electron chi connectivity index (χ0n) is 36.4. The summed E-state index contributed by atoms with van der Waals surface area (Å²) in [6.45, 7) is 4.41. The predicted molar refractivity (Wildman–Crippen MR) is 239 cm³/mol. The summed E-state index contributed by atoms with van der Waals surface area (Å²) in [7, 11) is 2.82. The summed E-state index contributed by atoms with van der Waals surface area (Å²) in [4.78, 5) is 33.9. The number of aliphatic hydroxyl groups excluding tert-OH is 2. The van der Waals surface area contributed by atoms with Gasteiger partial charge < -0.3 is 38.7 Å². The maximum absolute atomic E-state index is 14.2. The van der Waals surface area contributed by atoms with Gasteiger partial charge in [-0.25, -0.2) is 9.18 Å². The monoisotopic (exact) mass is 876 g/mol. The lowest BCUT2D eigenvalue weighted by Gasteiger charge is -2.59. The lowest BCUT2D eigenvalue weighted by Crippen LogP contribution is -2.70. The lowest BCUT2D eigenvalue weighted by atomic mass is 9.55. The summed E-state index contributed by atoms with van der Waals surface area (Å²) in [5, 5.41) is 24.8. The van der Waals surface area contributed by atoms with Crippen LogP contribution in [0.2, 0.25) is 0 Å². The van der Waals surface area contributed by atoms with Crippen LogP contribution in [0, 0.1) is 23.6 Å². The fourth-order valence-corrected chi connectivity index (χ4v) is 9.68. The maximum Gasteiger partial charge on any atom is 0.410 e. The molecule has 4 aromatic carbocycles. The largest absolute Gasteiger partial charge is 0.496 e. The molecular formula is C51H57FN2O10. The fourth-order valence-electron chi connectivity index (χ4n) is 9.68. The van der Waals surface area contributed by atoms with Crippen LogP contribution in [0.1, 0.15) is 77.9 Å². The molecule has 1 amide bonds. The van der Waals surface area contributed by atoms with E-state index in [2.05, 4.69) is 12.7 Å². The Kier molecular flexibility index (Phi) is 15.5. The minimum Gasteiger partial charge on any atom is -0.496 e. The molecule has 338 valence electrons. The minimum atomic E-state index is -1.55. The number of methoxy groups -OCH3 is 2. The highest BCUT2D eigenvalue weighted by Gasteiger charge is 2.65. The number of nitrogens with zero attached hydrogens (tertiary/aromatic N) is 2. The summed E-state index contributed by atoms with van der Waals surface area (Å²) >= 11 is 0. The molecule has 3 aliphatic rings. The van der Waals surface area contributed by atoms with Crippen LogP contribution in [0.5, 0.6) is 23.0 Å². The second-order valence-electron chi connectivity index (χ2n) is 16.4. The van der Waals surface area contributed by atoms with Crippen LogP contribution >= 0.6 is 0 Å². The number of unbranched alkanes of at least 4 members (excludes halogenated alkanes) is 2. The molecule has 2 aliphatic carbocycles. The first-order chi connectivity index (χ1) is 31.3. The van der Waals surface area contributed by atoms with Crippen molar-refractivity contribution in [2.24, 2.45) is 22.9 Å². The SMILES string of the molecule is C=CCOC12Oc3ccc(Oc4ccc(OC)c(C=O)c4)cc3C3C(CCCCO)C(CCCCO)C=C(C(=NOCc4ccccc4)CC1N(Cc1ccc(F)cc1)C(=O)OC)C32. The molecule has 64 heavy (non-hydrogen) atoms. The second-order valence-corrected chi connectivity index (χ2v) is 16.4. The number of carbonyl (C=O) groups excluding carboxylic acids is 2. The van der Waals surface area contributed by atoms with Crippen molar-refractivity contribution in [3.8, 4) is 23.0 Å². The average Bonchev–Trinajstić information content (AvgIpc) is 3.32. The van der Waals surface area contributed by atoms with Crippen LogP contribution < -0.4 is 14.2 Å². The van der Waals surface area contributed by atoms with Crippen molar-refractivity contribution in [3.63, 3.8) is 0 Å². The van der Waals surface area contributed by atoms with Gasteiger partial charge in [0.25, 0.3) is 0 Å². The normalized spacial score (nSPS) is 22.5. The molecule has 0 radical (unpaired) electrons. The maximum atomic E-state index is 14.2. The van der Waals surface area contributed by atoms with Crippen molar-refractivity contribution in [1.82, 2.24) is 4.90 Å². The van der Waals surface area contributed by atoms with E-state index in [1.165, 1.54) is 26.4 Å². The third-order valence-electron chi connectivity index (χ3n) is 12.5. The summed E-state index contributed by atoms with van der Waals surface area (Å²) < 4.78 is 45.9. The van der Waals surface area contributed by atoms with Gasteiger partial charge in [-0.15, -0.1) is 6.58 Å². The second kappa shape index (κ2) is 21.6. The number of rotatable bonds is 21. The van der Waals surface area contributed by atoms with Gasteiger partial charge in [0.2, 0.25) is 5.79 Å². The third kappa shape index (κ3) is 10.0. The smallest absolute Gasteiger partial charge is 0.410 e. The molecule has 1 heterocycles. The average molecular weight is 877 g/mol. The van der Waals surface area contributed by atoms with Gasteiger partial charge in [-0.3, -0.25) is 9.69 Å². The Morgan fingerprint density at radius 2 is 1.67 bits per heavy atom. The highest BCUT2D eigenvalue weighted by atomic mass is 19.1. The lowest BCUT2D eigenvalue weighted by molar-refractivity contribution is -0.256. The van der Waals surface area contributed by atoms with E-state index in [0.29, 0.717) is 52.7 Å². The number of halogens is 1. The zero-order chi connectivity index (χ0) is 45.1. The van der Waals surface area contributed by atoms with E-state index in [-0.39, 0.29) is 57.1 Å². The van der Waals surface area contributed by atoms with E-state index in [9.17, 15) is 24.2 Å². The van der Waals surface area contributed by atoms with Crippen LogP contribution in [0.3, 0.4) is 0 Å². The first-order valence-corrected chi connectivity index (χ1v) is 21.9. The Labute approximate surface area is 373 Å². The number of ether oxygens (including phenoxy) is 5. The van der Waals surface area contributed by atoms with Gasteiger partial charge >= 0.3 is 6.09 Å². The molecule has 0 spiro atoms. The molecular weight excluding hydrogens is 820 g/mol. The first-order valence-electron chi connectivity index (χ1n) is 21.9. The molecule has 4 aromatic rings. The Morgan fingerprint density at radius 3 is 2.38 bits per heavy atom. The predicted octanol–water partition coefficient (Wildman–Crippen LogP) is 9.54. The zero-order valence-corrected chi connectivity index (χ0v) is 36.4. The van der Waals surface area contributed by atoms with Crippen molar-refractivity contribution >= 4 is 18.1 Å². The van der Waals surface area contributed by atoms with E-state index in [4.69, 9.17) is 33.7 Å². The molecule has 0 saturated heterocycles. The molecule has 6 unspecified atom stereocenters. The van der Waals surface area contributed by atoms with E-state index >= 15 is 0 Å². The van der Waals surface area contributed by atoms with E-state index in [1.807, 2.05) is 42.5 Å². The van der Waals surface area contributed by atoms with Gasteiger partial charge in [0, 0.05) is 37.7 Å². The van der Waals surface area contributed by atoms with E-state index in [0.717, 1.165) is 48.7 Å². The molecule has 6 atom stereocenters. The summed E-state index contributed by atoms with van der Waals surface area (Å²) in [5.41, 5.74) is 4.25. The number of hydrogen-bond donors (Lipinski definition) is 2. The van der Waals surface area contributed by atoms with E-state index < -0.39 is 29.7 Å². The number of allylic oxidation sites excluding steroid dienone is 1. The molecule has 7 rings (SSSR count). The highest BCUT2D eigenvalue weighted by molar-refractivity contribution is 6.03.